The predicted octanol–water partition coefficient (Wildman–Crippen LogP) is 3.74. The lowest BCUT2D eigenvalue weighted by atomic mass is 10.1. The number of aryl methyl sites for hydroxylation is 1. The number of para-hydroxylation sites is 1. The Hall–Kier alpha value is -2.41. The number of halogens is 1. The first-order valence-corrected chi connectivity index (χ1v) is 6.75. The molecule has 0 bridgehead atoms. The van der Waals surface area contributed by atoms with Gasteiger partial charge in [-0.1, -0.05) is 28.1 Å². The van der Waals surface area contributed by atoms with E-state index < -0.39 is 4.92 Å². The molecule has 7 heteroatoms. The number of nitrogens with two attached hydrogens (primary N) is 1. The molecule has 0 heterocycles. The number of rotatable bonds is 4. The molecule has 2 aromatic rings. The summed E-state index contributed by atoms with van der Waals surface area (Å²) in [5, 5.41) is 18.7. The van der Waals surface area contributed by atoms with Gasteiger partial charge in [-0.25, -0.2) is 0 Å². The molecule has 0 radical (unpaired) electrons. The fourth-order valence-corrected chi connectivity index (χ4v) is 2.19. The summed E-state index contributed by atoms with van der Waals surface area (Å²) in [4.78, 5) is 10.6. The van der Waals surface area contributed by atoms with Crippen molar-refractivity contribution in [1.82, 2.24) is 0 Å². The fourth-order valence-electron chi connectivity index (χ4n) is 1.83. The Morgan fingerprint density at radius 2 is 2.10 bits per heavy atom. The summed E-state index contributed by atoms with van der Waals surface area (Å²) in [5.41, 5.74) is 6.38. The summed E-state index contributed by atoms with van der Waals surface area (Å²) in [6.07, 6.45) is 0. The summed E-state index contributed by atoms with van der Waals surface area (Å²) >= 11 is 3.29. The van der Waals surface area contributed by atoms with Gasteiger partial charge in [0.05, 0.1) is 10.5 Å². The van der Waals surface area contributed by atoms with Crippen LogP contribution in [0.5, 0.6) is 11.5 Å². The highest BCUT2D eigenvalue weighted by molar-refractivity contribution is 9.10. The summed E-state index contributed by atoms with van der Waals surface area (Å²) in [6, 6.07) is 9.63. The van der Waals surface area contributed by atoms with Crippen LogP contribution in [0.1, 0.15) is 11.1 Å². The van der Waals surface area contributed by atoms with E-state index in [1.54, 1.807) is 37.3 Å². The highest BCUT2D eigenvalue weighted by atomic mass is 79.9. The minimum absolute atomic E-state index is 0.132. The highest BCUT2D eigenvalue weighted by Gasteiger charge is 2.19. The Balaban J connectivity index is 2.53. The molecule has 0 aliphatic heterocycles. The minimum atomic E-state index is -0.505. The first-order valence-electron chi connectivity index (χ1n) is 5.96. The molecule has 0 fully saturated rings. The Kier molecular flexibility index (Phi) is 4.23. The first kappa shape index (κ1) is 15.0. The van der Waals surface area contributed by atoms with Crippen molar-refractivity contribution in [3.8, 4) is 11.5 Å². The van der Waals surface area contributed by atoms with E-state index in [4.69, 9.17) is 15.9 Å². The molecule has 0 spiro atoms. The number of nitrogens with one attached hydrogen (secondary N) is 1. The van der Waals surface area contributed by atoms with Crippen LogP contribution in [0.3, 0.4) is 0 Å². The summed E-state index contributed by atoms with van der Waals surface area (Å²) in [5.74, 6) is 0.262. The monoisotopic (exact) mass is 349 g/mol. The van der Waals surface area contributed by atoms with E-state index in [0.29, 0.717) is 16.9 Å². The van der Waals surface area contributed by atoms with Crippen molar-refractivity contribution in [1.29, 1.82) is 5.41 Å². The van der Waals surface area contributed by atoms with Gasteiger partial charge in [0.2, 0.25) is 5.75 Å². The quantitative estimate of drug-likeness (QED) is 0.379. The molecule has 6 nitrogen and oxygen atoms in total. The SMILES string of the molecule is Cc1cccc([N+](=O)[O-])c1Oc1ccc(Br)cc1C(=N)N. The van der Waals surface area contributed by atoms with E-state index in [2.05, 4.69) is 15.9 Å². The van der Waals surface area contributed by atoms with Crippen molar-refractivity contribution in [3.63, 3.8) is 0 Å². The second-order valence-electron chi connectivity index (χ2n) is 4.34. The number of hydrogen-bond donors (Lipinski definition) is 2. The zero-order valence-corrected chi connectivity index (χ0v) is 12.7. The van der Waals surface area contributed by atoms with Gasteiger partial charge in [-0.15, -0.1) is 0 Å². The van der Waals surface area contributed by atoms with Crippen molar-refractivity contribution in [2.75, 3.05) is 0 Å². The summed E-state index contributed by atoms with van der Waals surface area (Å²) < 4.78 is 6.40. The molecular formula is C14H12BrN3O3. The highest BCUT2D eigenvalue weighted by Crippen LogP contribution is 2.36. The molecule has 0 saturated heterocycles. The third-order valence-corrected chi connectivity index (χ3v) is 3.32. The molecule has 0 atom stereocenters. The lowest BCUT2D eigenvalue weighted by Crippen LogP contribution is -2.12. The maximum Gasteiger partial charge on any atom is 0.311 e. The zero-order valence-electron chi connectivity index (χ0n) is 11.1. The minimum Gasteiger partial charge on any atom is -0.449 e. The van der Waals surface area contributed by atoms with Gasteiger partial charge in [-0.2, -0.15) is 0 Å². The largest absolute Gasteiger partial charge is 0.449 e. The number of ether oxygens (including phenoxy) is 1. The van der Waals surface area contributed by atoms with Crippen LogP contribution in [0.15, 0.2) is 40.9 Å². The molecule has 0 saturated carbocycles. The Morgan fingerprint density at radius 3 is 2.71 bits per heavy atom. The maximum absolute atomic E-state index is 11.1. The number of nitro groups is 1. The second kappa shape index (κ2) is 5.92. The van der Waals surface area contributed by atoms with Gasteiger partial charge in [0.15, 0.2) is 0 Å². The van der Waals surface area contributed by atoms with Crippen LogP contribution in [0.2, 0.25) is 0 Å². The molecule has 0 aliphatic rings. The van der Waals surface area contributed by atoms with E-state index >= 15 is 0 Å². The molecule has 2 rings (SSSR count). The average molecular weight is 350 g/mol. The number of nitro benzene ring substituents is 1. The normalized spacial score (nSPS) is 10.2. The van der Waals surface area contributed by atoms with Crippen LogP contribution in [0, 0.1) is 22.4 Å². The van der Waals surface area contributed by atoms with E-state index in [1.165, 1.54) is 6.07 Å². The average Bonchev–Trinajstić information content (AvgIpc) is 2.42. The molecular weight excluding hydrogens is 338 g/mol. The lowest BCUT2D eigenvalue weighted by Gasteiger charge is -2.12. The van der Waals surface area contributed by atoms with Crippen LogP contribution in [0.25, 0.3) is 0 Å². The molecule has 0 unspecified atom stereocenters. The first-order chi connectivity index (χ1) is 9.90. The fraction of sp³-hybridized carbons (Fsp3) is 0.0714. The van der Waals surface area contributed by atoms with E-state index in [9.17, 15) is 10.1 Å². The predicted molar refractivity (Wildman–Crippen MR) is 83.1 cm³/mol. The van der Waals surface area contributed by atoms with E-state index in [0.717, 1.165) is 4.47 Å². The van der Waals surface area contributed by atoms with Crippen LogP contribution in [-0.2, 0) is 0 Å². The lowest BCUT2D eigenvalue weighted by molar-refractivity contribution is -0.385. The Labute approximate surface area is 129 Å². The van der Waals surface area contributed by atoms with Gasteiger partial charge in [-0.3, -0.25) is 15.5 Å². The number of nitrogen functional groups attached to an aromatic ring is 1. The molecule has 0 amide bonds. The van der Waals surface area contributed by atoms with Gasteiger partial charge in [-0.05, 0) is 30.7 Å². The topological polar surface area (TPSA) is 102 Å². The van der Waals surface area contributed by atoms with Gasteiger partial charge in [0.25, 0.3) is 0 Å². The van der Waals surface area contributed by atoms with Gasteiger partial charge in [0, 0.05) is 10.5 Å². The van der Waals surface area contributed by atoms with Crippen molar-refractivity contribution in [3.05, 3.63) is 62.1 Å². The number of benzene rings is 2. The number of hydrogen-bond acceptors (Lipinski definition) is 4. The van der Waals surface area contributed by atoms with Crippen molar-refractivity contribution in [2.24, 2.45) is 5.73 Å². The second-order valence-corrected chi connectivity index (χ2v) is 5.25. The smallest absolute Gasteiger partial charge is 0.311 e. The zero-order chi connectivity index (χ0) is 15.6. The third kappa shape index (κ3) is 3.19. The van der Waals surface area contributed by atoms with Crippen molar-refractivity contribution >= 4 is 27.5 Å². The van der Waals surface area contributed by atoms with Crippen molar-refractivity contribution < 1.29 is 9.66 Å². The summed E-state index contributed by atoms with van der Waals surface area (Å²) in [6.45, 7) is 1.72. The molecule has 21 heavy (non-hydrogen) atoms. The standard InChI is InChI=1S/C14H12BrN3O3/c1-8-3-2-4-11(18(19)20)13(8)21-12-6-5-9(15)7-10(12)14(16)17/h2-7H,1H3,(H3,16,17). The number of nitrogens with zero attached hydrogens (tertiary/aromatic N) is 1. The molecule has 3 N–H and O–H groups in total. The third-order valence-electron chi connectivity index (χ3n) is 2.83. The molecule has 108 valence electrons. The number of amidine groups is 1. The van der Waals surface area contributed by atoms with Crippen molar-refractivity contribution in [2.45, 2.75) is 6.92 Å². The van der Waals surface area contributed by atoms with Crippen LogP contribution in [0.4, 0.5) is 5.69 Å². The molecule has 0 aromatic heterocycles. The molecule has 2 aromatic carbocycles. The Bertz CT molecular complexity index is 731. The maximum atomic E-state index is 11.1. The van der Waals surface area contributed by atoms with E-state index in [1.807, 2.05) is 0 Å². The van der Waals surface area contributed by atoms with Gasteiger partial charge >= 0.3 is 5.69 Å². The van der Waals surface area contributed by atoms with Crippen LogP contribution in [-0.4, -0.2) is 10.8 Å². The molecule has 0 aliphatic carbocycles. The summed E-state index contributed by atoms with van der Waals surface area (Å²) in [7, 11) is 0. The van der Waals surface area contributed by atoms with Crippen LogP contribution >= 0.6 is 15.9 Å². The van der Waals surface area contributed by atoms with Gasteiger partial charge in [0.1, 0.15) is 11.6 Å². The van der Waals surface area contributed by atoms with Gasteiger partial charge < -0.3 is 10.5 Å². The van der Waals surface area contributed by atoms with Crippen LogP contribution < -0.4 is 10.5 Å². The Morgan fingerprint density at radius 1 is 1.38 bits per heavy atom. The van der Waals surface area contributed by atoms with E-state index in [-0.39, 0.29) is 17.3 Å².